The maximum absolute atomic E-state index is 12.7. The van der Waals surface area contributed by atoms with Crippen LogP contribution in [-0.4, -0.2) is 44.8 Å². The van der Waals surface area contributed by atoms with E-state index in [2.05, 4.69) is 0 Å². The molecule has 2 fully saturated rings. The Bertz CT molecular complexity index is 667. The number of Topliss-reactive ketones (excluding diaryl/α,β-unsaturated/α-hetero) is 1. The Labute approximate surface area is 124 Å². The summed E-state index contributed by atoms with van der Waals surface area (Å²) in [5.74, 6) is -0.253. The van der Waals surface area contributed by atoms with Crippen LogP contribution >= 0.6 is 0 Å². The van der Waals surface area contributed by atoms with Crippen LogP contribution in [0.2, 0.25) is 0 Å². The number of ether oxygens (including phenoxy) is 1. The summed E-state index contributed by atoms with van der Waals surface area (Å²) >= 11 is 0. The maximum Gasteiger partial charge on any atom is 0.243 e. The van der Waals surface area contributed by atoms with E-state index >= 15 is 0 Å². The van der Waals surface area contributed by atoms with Gasteiger partial charge in [-0.3, -0.25) is 4.79 Å². The van der Waals surface area contributed by atoms with Crippen LogP contribution in [0.5, 0.6) is 0 Å². The molecule has 114 valence electrons. The van der Waals surface area contributed by atoms with Crippen molar-refractivity contribution in [1.82, 2.24) is 4.31 Å². The molecule has 2 heterocycles. The molecule has 0 radical (unpaired) electrons. The molecule has 1 aromatic rings. The number of hydrogen-bond acceptors (Lipinski definition) is 4. The Morgan fingerprint density at radius 2 is 1.95 bits per heavy atom. The number of rotatable bonds is 2. The summed E-state index contributed by atoms with van der Waals surface area (Å²) in [7, 11) is -3.55. The van der Waals surface area contributed by atoms with Gasteiger partial charge in [0, 0.05) is 24.4 Å². The molecule has 0 aromatic heterocycles. The highest BCUT2D eigenvalue weighted by Gasteiger charge is 2.52. The third-order valence-corrected chi connectivity index (χ3v) is 6.31. The molecule has 2 unspecified atom stereocenters. The van der Waals surface area contributed by atoms with Gasteiger partial charge in [-0.25, -0.2) is 8.42 Å². The van der Waals surface area contributed by atoms with Gasteiger partial charge in [0.15, 0.2) is 5.78 Å². The summed E-state index contributed by atoms with van der Waals surface area (Å²) in [6, 6.07) is 6.80. The van der Waals surface area contributed by atoms with E-state index in [1.165, 1.54) is 4.31 Å². The normalized spacial score (nSPS) is 30.4. The summed E-state index contributed by atoms with van der Waals surface area (Å²) in [5, 5.41) is 0. The molecule has 0 aliphatic carbocycles. The van der Waals surface area contributed by atoms with Crippen molar-refractivity contribution in [1.29, 1.82) is 0 Å². The fraction of sp³-hybridized carbons (Fsp3) is 0.533. The predicted molar refractivity (Wildman–Crippen MR) is 77.4 cm³/mol. The van der Waals surface area contributed by atoms with Gasteiger partial charge in [-0.2, -0.15) is 4.31 Å². The van der Waals surface area contributed by atoms with Gasteiger partial charge >= 0.3 is 0 Å². The lowest BCUT2D eigenvalue weighted by Crippen LogP contribution is -2.43. The highest BCUT2D eigenvalue weighted by atomic mass is 32.2. The van der Waals surface area contributed by atoms with Crippen LogP contribution in [0.4, 0.5) is 0 Å². The molecular formula is C15H19NO4S. The summed E-state index contributed by atoms with van der Waals surface area (Å²) in [5.41, 5.74) is 0.604. The molecule has 5 nitrogen and oxygen atoms in total. The zero-order chi connectivity index (χ0) is 15.3. The Morgan fingerprint density at radius 3 is 2.57 bits per heavy atom. The SMILES string of the molecule is Cc1ccc(S(=O)(=O)N2CC3C(=O)COCC3(C)C2)cc1. The van der Waals surface area contributed by atoms with Crippen LogP contribution in [0.3, 0.4) is 0 Å². The van der Waals surface area contributed by atoms with E-state index in [1.54, 1.807) is 24.3 Å². The van der Waals surface area contributed by atoms with Crippen molar-refractivity contribution in [3.8, 4) is 0 Å². The number of nitrogens with zero attached hydrogens (tertiary/aromatic N) is 1. The quantitative estimate of drug-likeness (QED) is 0.824. The van der Waals surface area contributed by atoms with Crippen LogP contribution < -0.4 is 0 Å². The Hall–Kier alpha value is -1.24. The zero-order valence-electron chi connectivity index (χ0n) is 12.2. The van der Waals surface area contributed by atoms with Crippen molar-refractivity contribution in [3.05, 3.63) is 29.8 Å². The molecule has 2 aliphatic rings. The second kappa shape index (κ2) is 4.90. The highest BCUT2D eigenvalue weighted by molar-refractivity contribution is 7.89. The van der Waals surface area contributed by atoms with Crippen molar-refractivity contribution in [3.63, 3.8) is 0 Å². The van der Waals surface area contributed by atoms with Crippen molar-refractivity contribution < 1.29 is 17.9 Å². The summed E-state index contributed by atoms with van der Waals surface area (Å²) in [4.78, 5) is 12.3. The first-order chi connectivity index (χ1) is 9.83. The molecule has 2 aliphatic heterocycles. The van der Waals surface area contributed by atoms with Crippen molar-refractivity contribution >= 4 is 15.8 Å². The number of carbonyl (C=O) groups is 1. The van der Waals surface area contributed by atoms with Crippen molar-refractivity contribution in [2.24, 2.45) is 11.3 Å². The largest absolute Gasteiger partial charge is 0.373 e. The van der Waals surface area contributed by atoms with E-state index in [0.29, 0.717) is 13.2 Å². The third-order valence-electron chi connectivity index (χ3n) is 4.49. The molecule has 0 saturated carbocycles. The van der Waals surface area contributed by atoms with E-state index in [1.807, 2.05) is 13.8 Å². The zero-order valence-corrected chi connectivity index (χ0v) is 13.0. The van der Waals surface area contributed by atoms with Gasteiger partial charge in [0.05, 0.1) is 11.5 Å². The van der Waals surface area contributed by atoms with Crippen molar-refractivity contribution in [2.75, 3.05) is 26.3 Å². The van der Waals surface area contributed by atoms with Crippen molar-refractivity contribution in [2.45, 2.75) is 18.7 Å². The van der Waals surface area contributed by atoms with E-state index in [4.69, 9.17) is 4.74 Å². The summed E-state index contributed by atoms with van der Waals surface area (Å²) in [6.45, 7) is 4.97. The van der Waals surface area contributed by atoms with Gasteiger partial charge in [0.2, 0.25) is 10.0 Å². The molecule has 6 heteroatoms. The maximum atomic E-state index is 12.7. The fourth-order valence-electron chi connectivity index (χ4n) is 3.17. The first kappa shape index (κ1) is 14.7. The summed E-state index contributed by atoms with van der Waals surface area (Å²) in [6.07, 6.45) is 0. The topological polar surface area (TPSA) is 63.7 Å². The number of aryl methyl sites for hydroxylation is 1. The molecule has 2 saturated heterocycles. The van der Waals surface area contributed by atoms with Gasteiger partial charge in [0.1, 0.15) is 6.61 Å². The molecule has 0 spiro atoms. The standard InChI is InChI=1S/C15H19NO4S/c1-11-3-5-12(6-4-11)21(18,19)16-7-13-14(17)8-20-10-15(13,2)9-16/h3-6,13H,7-10H2,1-2H3. The fourth-order valence-corrected chi connectivity index (χ4v) is 4.75. The lowest BCUT2D eigenvalue weighted by molar-refractivity contribution is -0.139. The van der Waals surface area contributed by atoms with Gasteiger partial charge in [-0.15, -0.1) is 0 Å². The van der Waals surface area contributed by atoms with Gasteiger partial charge in [-0.05, 0) is 19.1 Å². The summed E-state index contributed by atoms with van der Waals surface area (Å²) < 4.78 is 32.2. The molecule has 0 bridgehead atoms. The van der Waals surface area contributed by atoms with Crippen LogP contribution in [0.15, 0.2) is 29.2 Å². The minimum absolute atomic E-state index is 0.00496. The molecule has 3 rings (SSSR count). The second-order valence-electron chi connectivity index (χ2n) is 6.28. The number of sulfonamides is 1. The second-order valence-corrected chi connectivity index (χ2v) is 8.21. The van der Waals surface area contributed by atoms with Gasteiger partial charge < -0.3 is 4.74 Å². The van der Waals surface area contributed by atoms with E-state index in [9.17, 15) is 13.2 Å². The minimum Gasteiger partial charge on any atom is -0.373 e. The Morgan fingerprint density at radius 1 is 1.29 bits per heavy atom. The van der Waals surface area contributed by atoms with Gasteiger partial charge in [-0.1, -0.05) is 24.6 Å². The number of carbonyl (C=O) groups excluding carboxylic acids is 1. The first-order valence-electron chi connectivity index (χ1n) is 7.00. The average molecular weight is 309 g/mol. The molecular weight excluding hydrogens is 290 g/mol. The van der Waals surface area contributed by atoms with E-state index < -0.39 is 15.4 Å². The number of ketones is 1. The lowest BCUT2D eigenvalue weighted by atomic mass is 9.77. The third kappa shape index (κ3) is 2.41. The van der Waals surface area contributed by atoms with Crippen LogP contribution in [0.25, 0.3) is 0 Å². The number of hydrogen-bond donors (Lipinski definition) is 0. The molecule has 0 N–H and O–H groups in total. The minimum atomic E-state index is -3.55. The van der Waals surface area contributed by atoms with Crippen LogP contribution in [0.1, 0.15) is 12.5 Å². The molecule has 2 atom stereocenters. The van der Waals surface area contributed by atoms with E-state index in [0.717, 1.165) is 5.56 Å². The van der Waals surface area contributed by atoms with Gasteiger partial charge in [0.25, 0.3) is 0 Å². The molecule has 21 heavy (non-hydrogen) atoms. The number of benzene rings is 1. The van der Waals surface area contributed by atoms with E-state index in [-0.39, 0.29) is 29.7 Å². The monoisotopic (exact) mass is 309 g/mol. The Kier molecular flexibility index (Phi) is 3.43. The average Bonchev–Trinajstić information content (AvgIpc) is 2.79. The first-order valence-corrected chi connectivity index (χ1v) is 8.44. The smallest absolute Gasteiger partial charge is 0.243 e. The highest BCUT2D eigenvalue weighted by Crippen LogP contribution is 2.41. The van der Waals surface area contributed by atoms with Crippen LogP contribution in [-0.2, 0) is 19.6 Å². The predicted octanol–water partition coefficient (Wildman–Crippen LogP) is 1.22. The lowest BCUT2D eigenvalue weighted by Gasteiger charge is -2.33. The molecule has 1 aromatic carbocycles. The molecule has 0 amide bonds. The number of fused-ring (bicyclic) bond motifs is 1. The van der Waals surface area contributed by atoms with Crippen LogP contribution in [0, 0.1) is 18.3 Å². The Balaban J connectivity index is 1.91.